The summed E-state index contributed by atoms with van der Waals surface area (Å²) in [7, 11) is 0. The minimum absolute atomic E-state index is 0.000315. The minimum atomic E-state index is -4.54. The van der Waals surface area contributed by atoms with Crippen LogP contribution in [0.3, 0.4) is 0 Å². The minimum Gasteiger partial charge on any atom is -0.474 e. The van der Waals surface area contributed by atoms with Crippen molar-refractivity contribution in [2.24, 2.45) is 0 Å². The number of amides is 3. The van der Waals surface area contributed by atoms with Gasteiger partial charge < -0.3 is 25.2 Å². The van der Waals surface area contributed by atoms with E-state index in [1.54, 1.807) is 6.07 Å². The number of aromatic nitrogens is 2. The third kappa shape index (κ3) is 5.71. The number of halogens is 3. The first-order valence-electron chi connectivity index (χ1n) is 10.7. The van der Waals surface area contributed by atoms with Crippen LogP contribution in [0.4, 0.5) is 35.2 Å². The number of urea groups is 1. The highest BCUT2D eigenvalue weighted by Gasteiger charge is 2.39. The van der Waals surface area contributed by atoms with Crippen molar-refractivity contribution >= 4 is 29.1 Å². The summed E-state index contributed by atoms with van der Waals surface area (Å²) in [5, 5.41) is 22.6. The Morgan fingerprint density at radius 3 is 2.71 bits per heavy atom. The number of ether oxygens (including phenoxy) is 1. The summed E-state index contributed by atoms with van der Waals surface area (Å²) in [4.78, 5) is 37.0. The molecule has 2 aliphatic rings. The molecule has 1 saturated heterocycles. The number of fused-ring (bicyclic) bond motifs is 4. The SMILES string of the molecule is O=C(NCC(F)(F)F)c1ccc2c(c1)N(C(=O)Nc1cnc(OC[C@H](O)CO)cn1)[C@H]1CCN2C1. The standard InChI is InChI=1S/C21H23F3N6O5/c22-21(23,24)11-27-19(33)12-1-2-15-16(5-12)30(13-3-4-29(15)8-13)20(34)28-17-6-26-18(7-25-17)35-10-14(32)9-31/h1-2,5-7,13-14,31-32H,3-4,8-11H2,(H,27,33)(H,25,28,34)/t13-,14+/m0/s1. The number of carbonyl (C=O) groups excluding carboxylic acids is 2. The van der Waals surface area contributed by atoms with Gasteiger partial charge in [-0.05, 0) is 24.6 Å². The van der Waals surface area contributed by atoms with Crippen LogP contribution in [0, 0.1) is 0 Å². The van der Waals surface area contributed by atoms with Crippen LogP contribution >= 0.6 is 0 Å². The lowest BCUT2D eigenvalue weighted by Crippen LogP contribution is -2.48. The number of hydrogen-bond acceptors (Lipinski definition) is 8. The van der Waals surface area contributed by atoms with Gasteiger partial charge in [0.1, 0.15) is 19.3 Å². The number of nitrogens with zero attached hydrogens (tertiary/aromatic N) is 4. The highest BCUT2D eigenvalue weighted by atomic mass is 19.4. The van der Waals surface area contributed by atoms with Crippen LogP contribution in [-0.2, 0) is 0 Å². The largest absolute Gasteiger partial charge is 0.474 e. The van der Waals surface area contributed by atoms with Crippen molar-refractivity contribution in [1.82, 2.24) is 15.3 Å². The molecule has 1 aromatic carbocycles. The Labute approximate surface area is 197 Å². The van der Waals surface area contributed by atoms with Crippen molar-refractivity contribution in [3.8, 4) is 5.88 Å². The molecule has 0 unspecified atom stereocenters. The van der Waals surface area contributed by atoms with Crippen molar-refractivity contribution in [3.63, 3.8) is 0 Å². The topological polar surface area (TPSA) is 140 Å². The van der Waals surface area contributed by atoms with Crippen molar-refractivity contribution in [2.75, 3.05) is 48.0 Å². The van der Waals surface area contributed by atoms with E-state index in [0.29, 0.717) is 30.9 Å². The number of anilines is 3. The number of hydrogen-bond donors (Lipinski definition) is 4. The van der Waals surface area contributed by atoms with E-state index in [4.69, 9.17) is 9.84 Å². The molecule has 0 saturated carbocycles. The highest BCUT2D eigenvalue weighted by Crippen LogP contribution is 2.41. The number of nitrogens with one attached hydrogen (secondary N) is 2. The Bertz CT molecular complexity index is 1080. The van der Waals surface area contributed by atoms with Gasteiger partial charge in [0, 0.05) is 18.7 Å². The zero-order valence-corrected chi connectivity index (χ0v) is 18.3. The Morgan fingerprint density at radius 2 is 2.03 bits per heavy atom. The molecule has 11 nitrogen and oxygen atoms in total. The third-order valence-electron chi connectivity index (χ3n) is 5.53. The predicted molar refractivity (Wildman–Crippen MR) is 118 cm³/mol. The molecule has 14 heteroatoms. The first-order chi connectivity index (χ1) is 16.6. The molecule has 0 radical (unpaired) electrons. The fourth-order valence-corrected chi connectivity index (χ4v) is 3.91. The normalized spacial score (nSPS) is 17.6. The van der Waals surface area contributed by atoms with E-state index in [1.165, 1.54) is 29.4 Å². The lowest BCUT2D eigenvalue weighted by molar-refractivity contribution is -0.123. The number of aliphatic hydroxyl groups is 2. The molecule has 4 N–H and O–H groups in total. The Balaban J connectivity index is 1.50. The van der Waals surface area contributed by atoms with Crippen LogP contribution in [0.5, 0.6) is 5.88 Å². The molecule has 3 amide bonds. The molecule has 188 valence electrons. The molecule has 2 atom stereocenters. The van der Waals surface area contributed by atoms with Crippen molar-refractivity contribution in [2.45, 2.75) is 24.7 Å². The molecule has 4 rings (SSSR count). The van der Waals surface area contributed by atoms with Crippen LogP contribution in [-0.4, -0.2) is 83.3 Å². The number of alkyl halides is 3. The van der Waals surface area contributed by atoms with Gasteiger partial charge in [0.2, 0.25) is 5.88 Å². The summed E-state index contributed by atoms with van der Waals surface area (Å²) < 4.78 is 42.6. The van der Waals surface area contributed by atoms with Crippen molar-refractivity contribution in [1.29, 1.82) is 0 Å². The fourth-order valence-electron chi connectivity index (χ4n) is 3.91. The van der Waals surface area contributed by atoms with Crippen LogP contribution in [0.15, 0.2) is 30.6 Å². The molecule has 3 heterocycles. The zero-order valence-electron chi connectivity index (χ0n) is 18.3. The smallest absolute Gasteiger partial charge is 0.405 e. The molecule has 35 heavy (non-hydrogen) atoms. The van der Waals surface area contributed by atoms with E-state index in [-0.39, 0.29) is 29.9 Å². The van der Waals surface area contributed by atoms with E-state index in [9.17, 15) is 27.9 Å². The van der Waals surface area contributed by atoms with Gasteiger partial charge in [0.15, 0.2) is 5.82 Å². The van der Waals surface area contributed by atoms with Gasteiger partial charge in [-0.3, -0.25) is 15.0 Å². The first-order valence-corrected chi connectivity index (χ1v) is 10.7. The van der Waals surface area contributed by atoms with Gasteiger partial charge in [-0.2, -0.15) is 13.2 Å². The molecule has 2 bridgehead atoms. The Morgan fingerprint density at radius 1 is 1.23 bits per heavy atom. The van der Waals surface area contributed by atoms with Crippen LogP contribution in [0.25, 0.3) is 0 Å². The van der Waals surface area contributed by atoms with Crippen molar-refractivity contribution in [3.05, 3.63) is 36.2 Å². The molecular formula is C21H23F3N6O5. The van der Waals surface area contributed by atoms with E-state index in [1.807, 2.05) is 10.2 Å². The average molecular weight is 496 g/mol. The van der Waals surface area contributed by atoms with Crippen LogP contribution < -0.4 is 25.2 Å². The summed E-state index contributed by atoms with van der Waals surface area (Å²) in [5.41, 5.74) is 1.10. The molecule has 0 spiro atoms. The molecule has 1 fully saturated rings. The molecular weight excluding hydrogens is 473 g/mol. The second-order valence-corrected chi connectivity index (χ2v) is 8.08. The Hall–Kier alpha value is -3.65. The second kappa shape index (κ2) is 9.92. The molecule has 2 aromatic rings. The van der Waals surface area contributed by atoms with E-state index in [0.717, 1.165) is 0 Å². The first kappa shape index (κ1) is 24.5. The van der Waals surface area contributed by atoms with E-state index < -0.39 is 37.4 Å². The van der Waals surface area contributed by atoms with Gasteiger partial charge in [0.25, 0.3) is 5.91 Å². The van der Waals surface area contributed by atoms with Gasteiger partial charge >= 0.3 is 12.2 Å². The maximum atomic E-state index is 13.2. The summed E-state index contributed by atoms with van der Waals surface area (Å²) >= 11 is 0. The monoisotopic (exact) mass is 496 g/mol. The van der Waals surface area contributed by atoms with Crippen LogP contribution in [0.1, 0.15) is 16.8 Å². The van der Waals surface area contributed by atoms with Crippen molar-refractivity contribution < 1.29 is 37.7 Å². The number of benzene rings is 1. The summed E-state index contributed by atoms with van der Waals surface area (Å²) in [6.45, 7) is -0.848. The third-order valence-corrected chi connectivity index (χ3v) is 5.53. The maximum Gasteiger partial charge on any atom is 0.405 e. The average Bonchev–Trinajstić information content (AvgIpc) is 3.25. The van der Waals surface area contributed by atoms with Gasteiger partial charge in [-0.15, -0.1) is 0 Å². The lowest BCUT2D eigenvalue weighted by Gasteiger charge is -2.37. The van der Waals surface area contributed by atoms with E-state index in [2.05, 4.69) is 15.3 Å². The maximum absolute atomic E-state index is 13.2. The Kier molecular flexibility index (Phi) is 6.93. The highest BCUT2D eigenvalue weighted by molar-refractivity contribution is 6.06. The van der Waals surface area contributed by atoms with Gasteiger partial charge in [0.05, 0.1) is 36.4 Å². The zero-order chi connectivity index (χ0) is 25.2. The summed E-state index contributed by atoms with van der Waals surface area (Å²) in [6.07, 6.45) is -2.44. The second-order valence-electron chi connectivity index (χ2n) is 8.08. The van der Waals surface area contributed by atoms with Gasteiger partial charge in [-0.25, -0.2) is 14.8 Å². The van der Waals surface area contributed by atoms with Crippen LogP contribution in [0.2, 0.25) is 0 Å². The molecule has 1 aromatic heterocycles. The number of carbonyl (C=O) groups is 2. The quantitative estimate of drug-likeness (QED) is 0.447. The molecule has 2 aliphatic heterocycles. The fraction of sp³-hybridized carbons (Fsp3) is 0.429. The number of rotatable bonds is 7. The van der Waals surface area contributed by atoms with Gasteiger partial charge in [-0.1, -0.05) is 0 Å². The van der Waals surface area contributed by atoms with E-state index >= 15 is 0 Å². The summed E-state index contributed by atoms with van der Waals surface area (Å²) in [6, 6.07) is 3.71. The molecule has 0 aliphatic carbocycles. The summed E-state index contributed by atoms with van der Waals surface area (Å²) in [5.74, 6) is -0.697. The lowest BCUT2D eigenvalue weighted by atomic mass is 10.1. The predicted octanol–water partition coefficient (Wildman–Crippen LogP) is 1.13. The number of aliphatic hydroxyl groups excluding tert-OH is 2.